The highest BCUT2D eigenvalue weighted by atomic mass is 19.4. The lowest BCUT2D eigenvalue weighted by molar-refractivity contribution is -0.155. The Labute approximate surface area is 199 Å². The van der Waals surface area contributed by atoms with Gasteiger partial charge in [0.15, 0.2) is 0 Å². The summed E-state index contributed by atoms with van der Waals surface area (Å²) in [5, 5.41) is 12.1. The first-order chi connectivity index (χ1) is 16.6. The van der Waals surface area contributed by atoms with Crippen molar-refractivity contribution in [2.45, 2.75) is 45.5 Å². The highest BCUT2D eigenvalue weighted by molar-refractivity contribution is 5.97. The molecule has 1 aromatic carbocycles. The number of carbonyl (C=O) groups is 3. The molecule has 0 unspecified atom stereocenters. The number of aryl methyl sites for hydroxylation is 1. The number of rotatable bonds is 6. The number of alkyl halides is 3. The molecule has 3 amide bonds. The van der Waals surface area contributed by atoms with Crippen LogP contribution >= 0.6 is 0 Å². The van der Waals surface area contributed by atoms with Gasteiger partial charge >= 0.3 is 6.18 Å². The maximum Gasteiger partial charge on any atom is 0.453 e. The van der Waals surface area contributed by atoms with E-state index in [4.69, 9.17) is 0 Å². The van der Waals surface area contributed by atoms with Gasteiger partial charge in [0.2, 0.25) is 5.91 Å². The summed E-state index contributed by atoms with van der Waals surface area (Å²) in [6.45, 7) is 4.59. The van der Waals surface area contributed by atoms with Crippen LogP contribution in [0.2, 0.25) is 0 Å². The van der Waals surface area contributed by atoms with Crippen LogP contribution in [0.4, 0.5) is 13.2 Å². The molecular weight excluding hydrogens is 467 g/mol. The molecule has 3 heterocycles. The van der Waals surface area contributed by atoms with Crippen LogP contribution in [-0.2, 0) is 22.3 Å². The van der Waals surface area contributed by atoms with Gasteiger partial charge in [-0.05, 0) is 30.9 Å². The first-order valence-corrected chi connectivity index (χ1v) is 11.4. The zero-order chi connectivity index (χ0) is 25.3. The number of aromatic nitrogens is 1. The van der Waals surface area contributed by atoms with Gasteiger partial charge in [0.25, 0.3) is 17.6 Å². The highest BCUT2D eigenvalue weighted by Gasteiger charge is 2.42. The predicted molar refractivity (Wildman–Crippen MR) is 116 cm³/mol. The minimum absolute atomic E-state index is 0.205. The van der Waals surface area contributed by atoms with Crippen molar-refractivity contribution in [1.82, 2.24) is 25.8 Å². The minimum atomic E-state index is -4.88. The number of fused-ring (bicyclic) bond motifs is 2. The van der Waals surface area contributed by atoms with E-state index in [0.717, 1.165) is 18.5 Å². The first-order valence-electron chi connectivity index (χ1n) is 11.4. The molecule has 2 aromatic rings. The number of nitrogens with zero attached hydrogens (tertiary/aromatic N) is 3. The second-order valence-corrected chi connectivity index (χ2v) is 8.63. The van der Waals surface area contributed by atoms with Gasteiger partial charge in [-0.25, -0.2) is 5.01 Å². The fourth-order valence-electron chi connectivity index (χ4n) is 4.47. The Morgan fingerprint density at radius 2 is 2.00 bits per heavy atom. The van der Waals surface area contributed by atoms with Gasteiger partial charge in [-0.15, -0.1) is 0 Å². The normalized spacial score (nSPS) is 19.1. The fourth-order valence-corrected chi connectivity index (χ4v) is 4.47. The number of hydrogen-bond acceptors (Lipinski definition) is 6. The van der Waals surface area contributed by atoms with Gasteiger partial charge in [-0.1, -0.05) is 36.3 Å². The van der Waals surface area contributed by atoms with E-state index in [-0.39, 0.29) is 18.1 Å². The molecule has 12 heteroatoms. The topological polar surface area (TPSA) is 108 Å². The number of hydrogen-bond donors (Lipinski definition) is 2. The van der Waals surface area contributed by atoms with Gasteiger partial charge in [0.1, 0.15) is 11.6 Å². The summed E-state index contributed by atoms with van der Waals surface area (Å²) in [6.07, 6.45) is -3.76. The van der Waals surface area contributed by atoms with Crippen molar-refractivity contribution in [3.05, 3.63) is 52.4 Å². The molecule has 35 heavy (non-hydrogen) atoms. The molecule has 9 nitrogen and oxygen atoms in total. The second-order valence-electron chi connectivity index (χ2n) is 8.63. The molecule has 2 atom stereocenters. The van der Waals surface area contributed by atoms with Gasteiger partial charge in [-0.2, -0.15) is 13.2 Å². The van der Waals surface area contributed by atoms with Crippen molar-refractivity contribution >= 4 is 17.7 Å². The van der Waals surface area contributed by atoms with E-state index >= 15 is 0 Å². The van der Waals surface area contributed by atoms with Crippen LogP contribution in [0.5, 0.6) is 0 Å². The van der Waals surface area contributed by atoms with Crippen LogP contribution in [-0.4, -0.2) is 52.5 Å². The van der Waals surface area contributed by atoms with Crippen LogP contribution in [0.25, 0.3) is 0 Å². The van der Waals surface area contributed by atoms with E-state index in [1.807, 2.05) is 17.1 Å². The lowest BCUT2D eigenvalue weighted by Crippen LogP contribution is -2.47. The molecule has 2 aliphatic heterocycles. The summed E-state index contributed by atoms with van der Waals surface area (Å²) in [4.78, 5) is 38.9. The molecule has 0 spiro atoms. The summed E-state index contributed by atoms with van der Waals surface area (Å²) in [5.74, 6) is -4.01. The Kier molecular flexibility index (Phi) is 6.84. The van der Waals surface area contributed by atoms with Gasteiger partial charge in [0, 0.05) is 26.2 Å². The molecule has 188 valence electrons. The Balaban J connectivity index is 1.48. The maximum absolute atomic E-state index is 13.3. The first kappa shape index (κ1) is 24.7. The van der Waals surface area contributed by atoms with E-state index in [2.05, 4.69) is 20.3 Å². The number of amides is 3. The van der Waals surface area contributed by atoms with E-state index in [0.29, 0.717) is 25.1 Å². The zero-order valence-electron chi connectivity index (χ0n) is 19.3. The molecule has 0 radical (unpaired) electrons. The molecule has 1 saturated heterocycles. The fraction of sp³-hybridized carbons (Fsp3) is 0.478. The largest absolute Gasteiger partial charge is 0.453 e. The number of benzene rings is 1. The number of halogens is 3. The van der Waals surface area contributed by atoms with E-state index in [1.54, 1.807) is 24.1 Å². The standard InChI is InChI=1S/C23H26F3N5O4/c1-3-14(11-27-21(33)17-13(2)29-35-19(17)23(24,25)26)20(32)28-18-16-8-5-4-7-15(16)12-30-9-6-10-31(30)22(18)34/h4-5,7-8,14,18H,3,6,9-12H2,1-2H3,(H,27,33)(H,28,32)/t14-,18+/m1/s1. The average Bonchev–Trinajstić information content (AvgIpc) is 3.42. The smallest absolute Gasteiger partial charge is 0.351 e. The predicted octanol–water partition coefficient (Wildman–Crippen LogP) is 2.58. The highest BCUT2D eigenvalue weighted by Crippen LogP contribution is 2.33. The van der Waals surface area contributed by atoms with Gasteiger partial charge in [-0.3, -0.25) is 19.4 Å². The van der Waals surface area contributed by atoms with Crippen molar-refractivity contribution in [2.24, 2.45) is 5.92 Å². The summed E-state index contributed by atoms with van der Waals surface area (Å²) in [6, 6.07) is 6.50. The molecule has 1 fully saturated rings. The summed E-state index contributed by atoms with van der Waals surface area (Å²) in [7, 11) is 0. The van der Waals surface area contributed by atoms with Crippen LogP contribution in [0.1, 0.15) is 58.7 Å². The Morgan fingerprint density at radius 3 is 2.71 bits per heavy atom. The molecule has 0 aliphatic carbocycles. The van der Waals surface area contributed by atoms with E-state index in [1.165, 1.54) is 6.92 Å². The lowest BCUT2D eigenvalue weighted by atomic mass is 9.98. The lowest BCUT2D eigenvalue weighted by Gasteiger charge is -2.28. The van der Waals surface area contributed by atoms with E-state index in [9.17, 15) is 27.6 Å². The Bertz CT molecular complexity index is 1130. The van der Waals surface area contributed by atoms with Crippen LogP contribution in [0, 0.1) is 12.8 Å². The van der Waals surface area contributed by atoms with Crippen LogP contribution < -0.4 is 10.6 Å². The van der Waals surface area contributed by atoms with Crippen LogP contribution in [0.3, 0.4) is 0 Å². The number of hydrazine groups is 1. The molecule has 2 N–H and O–H groups in total. The molecular formula is C23H26F3N5O4. The number of carbonyl (C=O) groups excluding carboxylic acids is 3. The third-order valence-corrected chi connectivity index (χ3v) is 6.35. The zero-order valence-corrected chi connectivity index (χ0v) is 19.3. The van der Waals surface area contributed by atoms with Crippen molar-refractivity contribution < 1.29 is 32.1 Å². The third kappa shape index (κ3) is 4.88. The van der Waals surface area contributed by atoms with Gasteiger partial charge < -0.3 is 15.2 Å². The summed E-state index contributed by atoms with van der Waals surface area (Å²) in [5.41, 5.74) is 0.714. The second kappa shape index (κ2) is 9.68. The number of nitrogens with one attached hydrogen (secondary N) is 2. The van der Waals surface area contributed by atoms with E-state index < -0.39 is 41.3 Å². The third-order valence-electron chi connectivity index (χ3n) is 6.35. The molecule has 0 saturated carbocycles. The van der Waals surface area contributed by atoms with Crippen molar-refractivity contribution in [2.75, 3.05) is 19.6 Å². The van der Waals surface area contributed by atoms with Crippen molar-refractivity contribution in [1.29, 1.82) is 0 Å². The Hall–Kier alpha value is -3.41. The molecule has 2 aliphatic rings. The Morgan fingerprint density at radius 1 is 1.26 bits per heavy atom. The SMILES string of the molecule is CC[C@H](CNC(=O)c1c(C)noc1C(F)(F)F)C(=O)N[C@@H]1C(=O)N2CCCN2Cc2ccccc21. The molecule has 1 aromatic heterocycles. The quantitative estimate of drug-likeness (QED) is 0.641. The summed E-state index contributed by atoms with van der Waals surface area (Å²) >= 11 is 0. The molecule has 0 bridgehead atoms. The molecule has 4 rings (SSSR count). The minimum Gasteiger partial charge on any atom is -0.351 e. The van der Waals surface area contributed by atoms with Crippen molar-refractivity contribution in [3.8, 4) is 0 Å². The maximum atomic E-state index is 13.3. The monoisotopic (exact) mass is 493 g/mol. The average molecular weight is 493 g/mol. The van der Waals surface area contributed by atoms with Crippen LogP contribution in [0.15, 0.2) is 28.8 Å². The van der Waals surface area contributed by atoms with Crippen molar-refractivity contribution in [3.63, 3.8) is 0 Å². The van der Waals surface area contributed by atoms with Gasteiger partial charge in [0.05, 0.1) is 11.6 Å². The summed E-state index contributed by atoms with van der Waals surface area (Å²) < 4.78 is 43.7.